The standard InChI is InChI=1S/C12H15F3O2/c1-3-10(16)8(2)17-11-7-5-4-6-9(11)12(13,14)15/h4-8,10,16H,3H2,1-2H3. The van der Waals surface area contributed by atoms with Crippen molar-refractivity contribution in [2.45, 2.75) is 38.7 Å². The van der Waals surface area contributed by atoms with Crippen LogP contribution < -0.4 is 4.74 Å². The molecular weight excluding hydrogens is 233 g/mol. The Hall–Kier alpha value is -1.23. The molecule has 1 aromatic rings. The van der Waals surface area contributed by atoms with Gasteiger partial charge in [0.1, 0.15) is 11.9 Å². The van der Waals surface area contributed by atoms with E-state index < -0.39 is 23.9 Å². The lowest BCUT2D eigenvalue weighted by molar-refractivity contribution is -0.139. The van der Waals surface area contributed by atoms with Crippen LogP contribution in [0.4, 0.5) is 13.2 Å². The maximum atomic E-state index is 12.6. The summed E-state index contributed by atoms with van der Waals surface area (Å²) in [4.78, 5) is 0. The highest BCUT2D eigenvalue weighted by atomic mass is 19.4. The molecule has 0 aromatic heterocycles. The maximum absolute atomic E-state index is 12.6. The van der Waals surface area contributed by atoms with Gasteiger partial charge in [0.05, 0.1) is 11.7 Å². The van der Waals surface area contributed by atoms with E-state index in [-0.39, 0.29) is 5.75 Å². The number of aliphatic hydroxyl groups excluding tert-OH is 1. The average molecular weight is 248 g/mol. The zero-order valence-electron chi connectivity index (χ0n) is 9.66. The molecule has 0 saturated carbocycles. The molecule has 1 rings (SSSR count). The molecule has 0 aliphatic rings. The molecule has 0 aliphatic heterocycles. The van der Waals surface area contributed by atoms with Gasteiger partial charge in [-0.1, -0.05) is 19.1 Å². The van der Waals surface area contributed by atoms with Gasteiger partial charge in [-0.3, -0.25) is 0 Å². The van der Waals surface area contributed by atoms with Gasteiger partial charge in [-0.05, 0) is 25.5 Å². The van der Waals surface area contributed by atoms with E-state index in [0.29, 0.717) is 6.42 Å². The highest BCUT2D eigenvalue weighted by molar-refractivity contribution is 5.35. The molecule has 0 radical (unpaired) electrons. The molecule has 0 amide bonds. The molecule has 5 heteroatoms. The minimum Gasteiger partial charge on any atom is -0.487 e. The van der Waals surface area contributed by atoms with E-state index in [0.717, 1.165) is 6.07 Å². The molecule has 0 fully saturated rings. The monoisotopic (exact) mass is 248 g/mol. The molecule has 2 unspecified atom stereocenters. The maximum Gasteiger partial charge on any atom is 0.419 e. The van der Waals surface area contributed by atoms with E-state index in [4.69, 9.17) is 4.74 Å². The summed E-state index contributed by atoms with van der Waals surface area (Å²) < 4.78 is 43.1. The quantitative estimate of drug-likeness (QED) is 0.886. The zero-order chi connectivity index (χ0) is 13.1. The van der Waals surface area contributed by atoms with Gasteiger partial charge < -0.3 is 9.84 Å². The Bertz CT molecular complexity index is 363. The van der Waals surface area contributed by atoms with E-state index in [9.17, 15) is 18.3 Å². The van der Waals surface area contributed by atoms with Gasteiger partial charge in [0, 0.05) is 0 Å². The Labute approximate surface area is 98.0 Å². The first kappa shape index (κ1) is 13.8. The lowest BCUT2D eigenvalue weighted by atomic mass is 10.1. The zero-order valence-corrected chi connectivity index (χ0v) is 9.66. The summed E-state index contributed by atoms with van der Waals surface area (Å²) >= 11 is 0. The molecule has 0 spiro atoms. The van der Waals surface area contributed by atoms with Gasteiger partial charge >= 0.3 is 6.18 Å². The Morgan fingerprint density at radius 1 is 1.29 bits per heavy atom. The lowest BCUT2D eigenvalue weighted by Gasteiger charge is -2.21. The minimum atomic E-state index is -4.45. The van der Waals surface area contributed by atoms with Crippen molar-refractivity contribution in [2.24, 2.45) is 0 Å². The summed E-state index contributed by atoms with van der Waals surface area (Å²) in [6.45, 7) is 3.28. The number of halogens is 3. The molecular formula is C12H15F3O2. The van der Waals surface area contributed by atoms with Crippen molar-refractivity contribution in [1.29, 1.82) is 0 Å². The van der Waals surface area contributed by atoms with Crippen molar-refractivity contribution < 1.29 is 23.0 Å². The highest BCUT2D eigenvalue weighted by Crippen LogP contribution is 2.36. The Morgan fingerprint density at radius 2 is 1.88 bits per heavy atom. The minimum absolute atomic E-state index is 0.250. The first-order valence-corrected chi connectivity index (χ1v) is 5.37. The summed E-state index contributed by atoms with van der Waals surface area (Å²) in [6.07, 6.45) is -5.48. The Morgan fingerprint density at radius 3 is 2.41 bits per heavy atom. The van der Waals surface area contributed by atoms with Gasteiger partial charge in [-0.25, -0.2) is 0 Å². The fourth-order valence-electron chi connectivity index (χ4n) is 1.41. The third kappa shape index (κ3) is 3.63. The second-order valence-electron chi connectivity index (χ2n) is 3.79. The van der Waals surface area contributed by atoms with Crippen LogP contribution in [0.25, 0.3) is 0 Å². The molecule has 96 valence electrons. The van der Waals surface area contributed by atoms with Crippen molar-refractivity contribution in [1.82, 2.24) is 0 Å². The highest BCUT2D eigenvalue weighted by Gasteiger charge is 2.34. The van der Waals surface area contributed by atoms with Crippen LogP contribution in [0.1, 0.15) is 25.8 Å². The molecule has 0 heterocycles. The predicted octanol–water partition coefficient (Wildman–Crippen LogP) is 3.24. The summed E-state index contributed by atoms with van der Waals surface area (Å²) in [5, 5.41) is 9.48. The number of hydrogen-bond donors (Lipinski definition) is 1. The number of rotatable bonds is 4. The topological polar surface area (TPSA) is 29.5 Å². The van der Waals surface area contributed by atoms with E-state index in [1.807, 2.05) is 0 Å². The lowest BCUT2D eigenvalue weighted by Crippen LogP contribution is -2.28. The van der Waals surface area contributed by atoms with Crippen LogP contribution in [-0.4, -0.2) is 17.3 Å². The largest absolute Gasteiger partial charge is 0.487 e. The van der Waals surface area contributed by atoms with Crippen molar-refractivity contribution >= 4 is 0 Å². The van der Waals surface area contributed by atoms with Crippen LogP contribution in [0.2, 0.25) is 0 Å². The third-order valence-electron chi connectivity index (χ3n) is 2.47. The van der Waals surface area contributed by atoms with Crippen LogP contribution in [0.15, 0.2) is 24.3 Å². The fraction of sp³-hybridized carbons (Fsp3) is 0.500. The SMILES string of the molecule is CCC(O)C(C)Oc1ccccc1C(F)(F)F. The van der Waals surface area contributed by atoms with Crippen molar-refractivity contribution in [3.05, 3.63) is 29.8 Å². The van der Waals surface area contributed by atoms with E-state index in [1.54, 1.807) is 13.8 Å². The molecule has 0 saturated heterocycles. The summed E-state index contributed by atoms with van der Waals surface area (Å²) in [6, 6.07) is 4.98. The predicted molar refractivity (Wildman–Crippen MR) is 57.8 cm³/mol. The summed E-state index contributed by atoms with van der Waals surface area (Å²) in [5.41, 5.74) is -0.824. The van der Waals surface area contributed by atoms with Gasteiger partial charge in [-0.2, -0.15) is 13.2 Å². The normalized spacial score (nSPS) is 15.4. The molecule has 1 aromatic carbocycles. The van der Waals surface area contributed by atoms with E-state index in [1.165, 1.54) is 18.2 Å². The van der Waals surface area contributed by atoms with Gasteiger partial charge in [-0.15, -0.1) is 0 Å². The second kappa shape index (κ2) is 5.40. The van der Waals surface area contributed by atoms with Gasteiger partial charge in [0.15, 0.2) is 0 Å². The number of hydrogen-bond acceptors (Lipinski definition) is 2. The molecule has 1 N–H and O–H groups in total. The second-order valence-corrected chi connectivity index (χ2v) is 3.79. The summed E-state index contributed by atoms with van der Waals surface area (Å²) in [7, 11) is 0. The molecule has 2 atom stereocenters. The van der Waals surface area contributed by atoms with Crippen LogP contribution in [0.5, 0.6) is 5.75 Å². The van der Waals surface area contributed by atoms with Gasteiger partial charge in [0.25, 0.3) is 0 Å². The van der Waals surface area contributed by atoms with Crippen LogP contribution >= 0.6 is 0 Å². The van der Waals surface area contributed by atoms with E-state index >= 15 is 0 Å². The first-order chi connectivity index (χ1) is 7.86. The first-order valence-electron chi connectivity index (χ1n) is 5.37. The number of ether oxygens (including phenoxy) is 1. The Kier molecular flexibility index (Phi) is 4.40. The molecule has 0 bridgehead atoms. The van der Waals surface area contributed by atoms with Gasteiger partial charge in [0.2, 0.25) is 0 Å². The number of alkyl halides is 3. The molecule has 17 heavy (non-hydrogen) atoms. The number of benzene rings is 1. The third-order valence-corrected chi connectivity index (χ3v) is 2.47. The average Bonchev–Trinajstić information content (AvgIpc) is 2.27. The summed E-state index contributed by atoms with van der Waals surface area (Å²) in [5.74, 6) is -0.250. The van der Waals surface area contributed by atoms with Crippen molar-refractivity contribution in [2.75, 3.05) is 0 Å². The van der Waals surface area contributed by atoms with Crippen molar-refractivity contribution in [3.63, 3.8) is 0 Å². The number of aliphatic hydroxyl groups is 1. The Balaban J connectivity index is 2.91. The van der Waals surface area contributed by atoms with E-state index in [2.05, 4.69) is 0 Å². The fourth-order valence-corrected chi connectivity index (χ4v) is 1.41. The number of para-hydroxylation sites is 1. The smallest absolute Gasteiger partial charge is 0.419 e. The van der Waals surface area contributed by atoms with Crippen LogP contribution in [0, 0.1) is 0 Å². The molecule has 2 nitrogen and oxygen atoms in total. The molecule has 0 aliphatic carbocycles. The van der Waals surface area contributed by atoms with Crippen LogP contribution in [-0.2, 0) is 6.18 Å². The van der Waals surface area contributed by atoms with Crippen LogP contribution in [0.3, 0.4) is 0 Å². The van der Waals surface area contributed by atoms with Crippen molar-refractivity contribution in [3.8, 4) is 5.75 Å².